The van der Waals surface area contributed by atoms with Gasteiger partial charge >= 0.3 is 0 Å². The maximum Gasteiger partial charge on any atom is 0.255 e. The maximum absolute atomic E-state index is 11.9. The minimum Gasteiger partial charge on any atom is -0.322 e. The van der Waals surface area contributed by atoms with Gasteiger partial charge in [-0.25, -0.2) is 0 Å². The van der Waals surface area contributed by atoms with Crippen LogP contribution in [0.3, 0.4) is 0 Å². The largest absolute Gasteiger partial charge is 0.322 e. The Morgan fingerprint density at radius 1 is 1.39 bits per heavy atom. The Balaban J connectivity index is 1.99. The Kier molecular flexibility index (Phi) is 4.50. The molecule has 0 fully saturated rings. The number of carbonyl (C=O) groups excluding carboxylic acids is 1. The highest BCUT2D eigenvalue weighted by atomic mass is 35.5. The van der Waals surface area contributed by atoms with Crippen LogP contribution in [0.1, 0.15) is 16.8 Å². The molecule has 1 aromatic rings. The van der Waals surface area contributed by atoms with Crippen molar-refractivity contribution in [3.63, 3.8) is 0 Å². The molecule has 1 aromatic carbocycles. The van der Waals surface area contributed by atoms with Crippen LogP contribution in [0.15, 0.2) is 48.2 Å². The zero-order valence-corrected chi connectivity index (χ0v) is 11.6. The van der Waals surface area contributed by atoms with Gasteiger partial charge in [-0.3, -0.25) is 4.79 Å². The molecule has 1 N–H and O–H groups in total. The Morgan fingerprint density at radius 2 is 2.11 bits per heavy atom. The molecule has 0 heterocycles. The van der Waals surface area contributed by atoms with Crippen molar-refractivity contribution in [2.24, 2.45) is 0 Å². The Morgan fingerprint density at radius 3 is 2.67 bits per heavy atom. The van der Waals surface area contributed by atoms with Gasteiger partial charge in [-0.05, 0) is 43.0 Å². The van der Waals surface area contributed by atoms with Crippen molar-refractivity contribution in [1.29, 1.82) is 0 Å². The molecule has 1 aliphatic rings. The number of nitrogens with one attached hydrogen (secondary N) is 1. The second-order valence-corrected chi connectivity index (χ2v) is 5.50. The van der Waals surface area contributed by atoms with E-state index in [0.717, 1.165) is 12.1 Å². The van der Waals surface area contributed by atoms with E-state index in [9.17, 15) is 4.79 Å². The molecule has 0 spiro atoms. The summed E-state index contributed by atoms with van der Waals surface area (Å²) in [5.41, 5.74) is 1.47. The molecule has 0 saturated heterocycles. The van der Waals surface area contributed by atoms with Crippen LogP contribution in [0.5, 0.6) is 0 Å². The monoisotopic (exact) mass is 279 g/mol. The van der Waals surface area contributed by atoms with Crippen molar-refractivity contribution in [2.75, 3.05) is 6.26 Å². The SMILES string of the molecule is CSC1C=CC(NC(=O)c2ccc(Cl)cc2)=CC1. The van der Waals surface area contributed by atoms with Crippen molar-refractivity contribution in [3.8, 4) is 0 Å². The number of carbonyl (C=O) groups is 1. The van der Waals surface area contributed by atoms with Gasteiger partial charge in [-0.2, -0.15) is 11.8 Å². The van der Waals surface area contributed by atoms with Crippen LogP contribution >= 0.6 is 23.4 Å². The number of allylic oxidation sites excluding steroid dienone is 2. The van der Waals surface area contributed by atoms with Crippen LogP contribution in [-0.2, 0) is 0 Å². The number of rotatable bonds is 3. The Hall–Kier alpha value is -1.19. The van der Waals surface area contributed by atoms with E-state index in [0.29, 0.717) is 15.8 Å². The van der Waals surface area contributed by atoms with E-state index >= 15 is 0 Å². The quantitative estimate of drug-likeness (QED) is 0.915. The molecule has 0 saturated carbocycles. The lowest BCUT2D eigenvalue weighted by Gasteiger charge is -2.14. The van der Waals surface area contributed by atoms with Gasteiger partial charge < -0.3 is 5.32 Å². The Labute approximate surface area is 116 Å². The third kappa shape index (κ3) is 3.40. The molecule has 1 amide bonds. The first-order valence-corrected chi connectivity index (χ1v) is 7.33. The fourth-order valence-corrected chi connectivity index (χ4v) is 2.32. The van der Waals surface area contributed by atoms with E-state index in [4.69, 9.17) is 11.6 Å². The van der Waals surface area contributed by atoms with Crippen molar-refractivity contribution in [3.05, 3.63) is 58.8 Å². The van der Waals surface area contributed by atoms with E-state index in [-0.39, 0.29) is 5.91 Å². The molecule has 1 aliphatic carbocycles. The fourth-order valence-electron chi connectivity index (χ4n) is 1.67. The molecular weight excluding hydrogens is 266 g/mol. The van der Waals surface area contributed by atoms with Gasteiger partial charge in [0.25, 0.3) is 5.91 Å². The third-order valence-corrected chi connectivity index (χ3v) is 3.93. The molecular formula is C14H14ClNOS. The minimum atomic E-state index is -0.106. The molecule has 18 heavy (non-hydrogen) atoms. The van der Waals surface area contributed by atoms with Crippen molar-refractivity contribution in [2.45, 2.75) is 11.7 Å². The number of thioether (sulfide) groups is 1. The second-order valence-electron chi connectivity index (χ2n) is 3.99. The number of hydrogen-bond donors (Lipinski definition) is 1. The predicted molar refractivity (Wildman–Crippen MR) is 78.1 cm³/mol. The summed E-state index contributed by atoms with van der Waals surface area (Å²) in [4.78, 5) is 11.9. The second kappa shape index (κ2) is 6.12. The summed E-state index contributed by atoms with van der Waals surface area (Å²) >= 11 is 7.59. The van der Waals surface area contributed by atoms with Gasteiger partial charge in [0.15, 0.2) is 0 Å². The number of benzene rings is 1. The zero-order chi connectivity index (χ0) is 13.0. The van der Waals surface area contributed by atoms with Crippen LogP contribution in [-0.4, -0.2) is 17.4 Å². The van der Waals surface area contributed by atoms with Crippen LogP contribution in [0, 0.1) is 0 Å². The summed E-state index contributed by atoms with van der Waals surface area (Å²) in [6, 6.07) is 6.86. The van der Waals surface area contributed by atoms with E-state index < -0.39 is 0 Å². The summed E-state index contributed by atoms with van der Waals surface area (Å²) in [7, 11) is 0. The summed E-state index contributed by atoms with van der Waals surface area (Å²) in [6.45, 7) is 0. The minimum absolute atomic E-state index is 0.106. The first-order chi connectivity index (χ1) is 8.69. The van der Waals surface area contributed by atoms with Gasteiger partial charge in [0, 0.05) is 21.5 Å². The van der Waals surface area contributed by atoms with Crippen LogP contribution in [0.4, 0.5) is 0 Å². The van der Waals surface area contributed by atoms with E-state index in [1.807, 2.05) is 6.08 Å². The van der Waals surface area contributed by atoms with Crippen LogP contribution in [0.2, 0.25) is 5.02 Å². The molecule has 0 aromatic heterocycles. The molecule has 2 nitrogen and oxygen atoms in total. The number of halogens is 1. The number of amides is 1. The van der Waals surface area contributed by atoms with Crippen molar-refractivity contribution in [1.82, 2.24) is 5.32 Å². The van der Waals surface area contributed by atoms with E-state index in [1.54, 1.807) is 36.0 Å². The Bertz CT molecular complexity index is 493. The highest BCUT2D eigenvalue weighted by Crippen LogP contribution is 2.19. The van der Waals surface area contributed by atoms with Crippen LogP contribution in [0.25, 0.3) is 0 Å². The highest BCUT2D eigenvalue weighted by Gasteiger charge is 2.10. The van der Waals surface area contributed by atoms with Crippen molar-refractivity contribution < 1.29 is 4.79 Å². The average molecular weight is 280 g/mol. The molecule has 94 valence electrons. The van der Waals surface area contributed by atoms with Crippen LogP contribution < -0.4 is 5.32 Å². The number of hydrogen-bond acceptors (Lipinski definition) is 2. The van der Waals surface area contributed by atoms with Gasteiger partial charge in [-0.1, -0.05) is 23.8 Å². The molecule has 2 rings (SSSR count). The van der Waals surface area contributed by atoms with Gasteiger partial charge in [0.1, 0.15) is 0 Å². The van der Waals surface area contributed by atoms with E-state index in [1.165, 1.54) is 0 Å². The molecule has 4 heteroatoms. The lowest BCUT2D eigenvalue weighted by Crippen LogP contribution is -2.23. The fraction of sp³-hybridized carbons (Fsp3) is 0.214. The molecule has 0 bridgehead atoms. The standard InChI is InChI=1S/C14H14ClNOS/c1-18-13-8-6-12(7-9-13)16-14(17)10-2-4-11(15)5-3-10/h2-8,13H,9H2,1H3,(H,16,17). The van der Waals surface area contributed by atoms with Gasteiger partial charge in [0.05, 0.1) is 0 Å². The lowest BCUT2D eigenvalue weighted by atomic mass is 10.1. The van der Waals surface area contributed by atoms with Gasteiger partial charge in [-0.15, -0.1) is 0 Å². The summed E-state index contributed by atoms with van der Waals surface area (Å²) in [6.07, 6.45) is 9.16. The normalized spacial score (nSPS) is 18.3. The molecule has 1 unspecified atom stereocenters. The molecule has 0 aliphatic heterocycles. The molecule has 1 atom stereocenters. The third-order valence-electron chi connectivity index (χ3n) is 2.73. The summed E-state index contributed by atoms with van der Waals surface area (Å²) in [5, 5.41) is 4.03. The van der Waals surface area contributed by atoms with E-state index in [2.05, 4.69) is 23.7 Å². The summed E-state index contributed by atoms with van der Waals surface area (Å²) < 4.78 is 0. The van der Waals surface area contributed by atoms with Crippen molar-refractivity contribution >= 4 is 29.3 Å². The van der Waals surface area contributed by atoms with Gasteiger partial charge in [0.2, 0.25) is 0 Å². The summed E-state index contributed by atoms with van der Waals surface area (Å²) in [5.74, 6) is -0.106. The molecule has 0 radical (unpaired) electrons. The zero-order valence-electron chi connectivity index (χ0n) is 10.0. The maximum atomic E-state index is 11.9. The highest BCUT2D eigenvalue weighted by molar-refractivity contribution is 7.99. The predicted octanol–water partition coefficient (Wildman–Crippen LogP) is 3.65. The lowest BCUT2D eigenvalue weighted by molar-refractivity contribution is 0.0967. The first kappa shape index (κ1) is 13.2. The first-order valence-electron chi connectivity index (χ1n) is 5.67. The topological polar surface area (TPSA) is 29.1 Å². The average Bonchev–Trinajstić information content (AvgIpc) is 2.40. The smallest absolute Gasteiger partial charge is 0.255 e.